The molecular formula is C31H42F2O2. The van der Waals surface area contributed by atoms with E-state index >= 15 is 0 Å². The summed E-state index contributed by atoms with van der Waals surface area (Å²) in [7, 11) is 0. The Hall–Kier alpha value is -2.23. The summed E-state index contributed by atoms with van der Waals surface area (Å²) >= 11 is 0. The third-order valence-corrected chi connectivity index (χ3v) is 7.61. The lowest BCUT2D eigenvalue weighted by atomic mass is 9.77. The number of halogens is 2. The van der Waals surface area contributed by atoms with E-state index in [-0.39, 0.29) is 11.7 Å². The summed E-state index contributed by atoms with van der Waals surface area (Å²) in [5.74, 6) is -1.34. The van der Waals surface area contributed by atoms with Gasteiger partial charge >= 0.3 is 5.97 Å². The van der Waals surface area contributed by atoms with Gasteiger partial charge in [-0.15, -0.1) is 0 Å². The van der Waals surface area contributed by atoms with Gasteiger partial charge in [-0.25, -0.2) is 13.6 Å². The topological polar surface area (TPSA) is 26.3 Å². The van der Waals surface area contributed by atoms with E-state index in [4.69, 9.17) is 4.74 Å². The van der Waals surface area contributed by atoms with Crippen LogP contribution in [0.5, 0.6) is 0 Å². The van der Waals surface area contributed by atoms with Crippen LogP contribution >= 0.6 is 0 Å². The van der Waals surface area contributed by atoms with Crippen molar-refractivity contribution in [1.29, 1.82) is 0 Å². The number of ether oxygens (including phenoxy) is 1. The van der Waals surface area contributed by atoms with E-state index in [1.54, 1.807) is 13.0 Å². The van der Waals surface area contributed by atoms with E-state index in [0.717, 1.165) is 25.2 Å². The third kappa shape index (κ3) is 8.74. The summed E-state index contributed by atoms with van der Waals surface area (Å²) in [6.45, 7) is 4.03. The number of aryl methyl sites for hydroxylation is 2. The zero-order valence-corrected chi connectivity index (χ0v) is 21.5. The number of carbonyl (C=O) groups is 1. The first kappa shape index (κ1) is 27.4. The molecule has 0 aliphatic heterocycles. The first-order valence-electron chi connectivity index (χ1n) is 13.7. The lowest BCUT2D eigenvalue weighted by Gasteiger charge is -2.28. The lowest BCUT2D eigenvalue weighted by Crippen LogP contribution is -2.18. The normalized spacial score (nSPS) is 18.9. The van der Waals surface area contributed by atoms with Crippen molar-refractivity contribution in [2.75, 3.05) is 0 Å². The highest BCUT2D eigenvalue weighted by atomic mass is 19.2. The Balaban J connectivity index is 1.43. The highest BCUT2D eigenvalue weighted by Crippen LogP contribution is 2.34. The second-order valence-electron chi connectivity index (χ2n) is 10.4. The fraction of sp³-hybridized carbons (Fsp3) is 0.581. The Labute approximate surface area is 210 Å². The van der Waals surface area contributed by atoms with Crippen molar-refractivity contribution in [3.63, 3.8) is 0 Å². The van der Waals surface area contributed by atoms with Crippen molar-refractivity contribution in [2.45, 2.75) is 103 Å². The minimum atomic E-state index is -1.08. The van der Waals surface area contributed by atoms with Crippen LogP contribution in [-0.2, 0) is 17.6 Å². The molecule has 35 heavy (non-hydrogen) atoms. The number of benzene rings is 2. The van der Waals surface area contributed by atoms with E-state index < -0.39 is 17.6 Å². The summed E-state index contributed by atoms with van der Waals surface area (Å²) in [5, 5.41) is 0. The van der Waals surface area contributed by atoms with Gasteiger partial charge in [-0.3, -0.25) is 0 Å². The number of esters is 1. The summed E-state index contributed by atoms with van der Waals surface area (Å²) < 4.78 is 34.9. The molecule has 3 rings (SSSR count). The van der Waals surface area contributed by atoms with Crippen molar-refractivity contribution in [3.05, 3.63) is 70.8 Å². The number of unbranched alkanes of at least 4 members (excludes halogenated alkanes) is 2. The van der Waals surface area contributed by atoms with Crippen molar-refractivity contribution in [2.24, 2.45) is 11.8 Å². The molecule has 0 spiro atoms. The summed E-state index contributed by atoms with van der Waals surface area (Å²) in [6.07, 6.45) is 13.6. The quantitative estimate of drug-likeness (QED) is 0.210. The minimum Gasteiger partial charge on any atom is -0.459 e. The third-order valence-electron chi connectivity index (χ3n) is 7.61. The number of hydrogen-bond donors (Lipinski definition) is 0. The number of rotatable bonds is 13. The maximum atomic E-state index is 14.8. The summed E-state index contributed by atoms with van der Waals surface area (Å²) in [4.78, 5) is 12.5. The van der Waals surface area contributed by atoms with Crippen molar-refractivity contribution >= 4 is 5.97 Å². The number of hydrogen-bond acceptors (Lipinski definition) is 2. The predicted molar refractivity (Wildman–Crippen MR) is 139 cm³/mol. The van der Waals surface area contributed by atoms with Gasteiger partial charge in [0, 0.05) is 0 Å². The molecular weight excluding hydrogens is 442 g/mol. The Morgan fingerprint density at radius 3 is 2.26 bits per heavy atom. The first-order chi connectivity index (χ1) is 17.0. The summed E-state index contributed by atoms with van der Waals surface area (Å²) in [6, 6.07) is 13.1. The Morgan fingerprint density at radius 1 is 0.886 bits per heavy atom. The molecule has 2 aromatic carbocycles. The first-order valence-corrected chi connectivity index (χ1v) is 13.7. The molecule has 0 saturated heterocycles. The van der Waals surface area contributed by atoms with Crippen LogP contribution in [0.2, 0.25) is 0 Å². The van der Waals surface area contributed by atoms with Crippen LogP contribution in [-0.4, -0.2) is 12.1 Å². The van der Waals surface area contributed by atoms with Crippen LogP contribution in [0.15, 0.2) is 42.5 Å². The Bertz CT molecular complexity index is 904. The molecule has 1 aliphatic carbocycles. The van der Waals surface area contributed by atoms with Crippen LogP contribution in [0.4, 0.5) is 8.78 Å². The van der Waals surface area contributed by atoms with E-state index in [1.165, 1.54) is 63.0 Å². The van der Waals surface area contributed by atoms with Crippen molar-refractivity contribution in [3.8, 4) is 0 Å². The largest absolute Gasteiger partial charge is 0.459 e. The van der Waals surface area contributed by atoms with Gasteiger partial charge in [0.05, 0.1) is 11.7 Å². The van der Waals surface area contributed by atoms with Gasteiger partial charge in [-0.05, 0) is 68.1 Å². The summed E-state index contributed by atoms with van der Waals surface area (Å²) in [5.41, 5.74) is 1.28. The van der Waals surface area contributed by atoms with E-state index in [0.29, 0.717) is 24.3 Å². The highest BCUT2D eigenvalue weighted by molar-refractivity contribution is 5.90. The van der Waals surface area contributed by atoms with Gasteiger partial charge in [0.1, 0.15) is 0 Å². The molecule has 1 aliphatic rings. The fourth-order valence-corrected chi connectivity index (χ4v) is 5.34. The van der Waals surface area contributed by atoms with Crippen LogP contribution < -0.4 is 0 Å². The zero-order chi connectivity index (χ0) is 25.0. The van der Waals surface area contributed by atoms with E-state index in [9.17, 15) is 13.6 Å². The van der Waals surface area contributed by atoms with Gasteiger partial charge in [0.2, 0.25) is 0 Å². The van der Waals surface area contributed by atoms with E-state index in [1.807, 2.05) is 18.2 Å². The smallest absolute Gasteiger partial charge is 0.341 e. The molecule has 0 amide bonds. The van der Waals surface area contributed by atoms with Gasteiger partial charge in [0.15, 0.2) is 11.6 Å². The predicted octanol–water partition coefficient (Wildman–Crippen LogP) is 8.85. The van der Waals surface area contributed by atoms with Crippen molar-refractivity contribution in [1.82, 2.24) is 0 Å². The standard InChI is InChI=1S/C31H42F2O2/c1-3-4-6-11-25-15-17-26(18-16-25)19-20-27-21-22-28(30(33)29(27)32)31(34)35-23(2)10-9-14-24-12-7-5-8-13-24/h5,7-8,12-13,21-23,25-26H,3-4,6,9-11,14-20H2,1-2H3. The van der Waals surface area contributed by atoms with Gasteiger partial charge in [-0.1, -0.05) is 94.7 Å². The molecule has 2 aromatic rings. The van der Waals surface area contributed by atoms with Gasteiger partial charge in [-0.2, -0.15) is 0 Å². The second kappa shape index (κ2) is 14.4. The molecule has 0 heterocycles. The van der Waals surface area contributed by atoms with Crippen LogP contribution in [0.1, 0.15) is 106 Å². The lowest BCUT2D eigenvalue weighted by molar-refractivity contribution is 0.0314. The molecule has 4 heteroatoms. The SMILES string of the molecule is CCCCCC1CCC(CCc2ccc(C(=O)OC(C)CCCc3ccccc3)c(F)c2F)CC1. The zero-order valence-electron chi connectivity index (χ0n) is 21.5. The Kier molecular flexibility index (Phi) is 11.2. The fourth-order valence-electron chi connectivity index (χ4n) is 5.34. The molecule has 192 valence electrons. The molecule has 1 unspecified atom stereocenters. The van der Waals surface area contributed by atoms with Crippen LogP contribution in [0.3, 0.4) is 0 Å². The van der Waals surface area contributed by atoms with Gasteiger partial charge < -0.3 is 4.74 Å². The maximum absolute atomic E-state index is 14.8. The Morgan fingerprint density at radius 2 is 1.57 bits per heavy atom. The molecule has 2 nitrogen and oxygen atoms in total. The van der Waals surface area contributed by atoms with E-state index in [2.05, 4.69) is 19.1 Å². The monoisotopic (exact) mass is 484 g/mol. The van der Waals surface area contributed by atoms with Crippen LogP contribution in [0.25, 0.3) is 0 Å². The van der Waals surface area contributed by atoms with Gasteiger partial charge in [0.25, 0.3) is 0 Å². The molecule has 0 aromatic heterocycles. The van der Waals surface area contributed by atoms with Crippen LogP contribution in [0, 0.1) is 23.5 Å². The average Bonchev–Trinajstić information content (AvgIpc) is 2.86. The average molecular weight is 485 g/mol. The molecule has 0 N–H and O–H groups in total. The molecule has 1 atom stereocenters. The minimum absolute atomic E-state index is 0.311. The molecule has 0 bridgehead atoms. The van der Waals surface area contributed by atoms with Crippen molar-refractivity contribution < 1.29 is 18.3 Å². The second-order valence-corrected chi connectivity index (χ2v) is 10.4. The highest BCUT2D eigenvalue weighted by Gasteiger charge is 2.24. The molecule has 1 fully saturated rings. The maximum Gasteiger partial charge on any atom is 0.341 e. The number of carbonyl (C=O) groups excluding carboxylic acids is 1. The molecule has 1 saturated carbocycles. The molecule has 0 radical (unpaired) electrons.